The molecule has 0 saturated heterocycles. The molecule has 1 amide bonds. The topological polar surface area (TPSA) is 90.0 Å². The molecule has 0 N–H and O–H groups in total. The van der Waals surface area contributed by atoms with Crippen LogP contribution in [0.25, 0.3) is 22.9 Å². The molecule has 4 aromatic carbocycles. The molecule has 6 rings (SSSR count). The highest BCUT2D eigenvalue weighted by Gasteiger charge is 2.33. The SMILES string of the molecule is COc1ccc(C2CC(c3ccc(Br)cc3)=NN2C(=O)COc2ccc(-c3nnc(-c4ccccc4)o3)cc2)cc1. The summed E-state index contributed by atoms with van der Waals surface area (Å²) >= 11 is 3.48. The lowest BCUT2D eigenvalue weighted by atomic mass is 9.98. The van der Waals surface area contributed by atoms with E-state index in [2.05, 4.69) is 26.1 Å². The van der Waals surface area contributed by atoms with Gasteiger partial charge in [-0.15, -0.1) is 10.2 Å². The average Bonchev–Trinajstić information content (AvgIpc) is 3.70. The van der Waals surface area contributed by atoms with Crippen molar-refractivity contribution in [3.05, 3.63) is 119 Å². The Hall–Kier alpha value is -4.76. The van der Waals surface area contributed by atoms with E-state index in [1.807, 2.05) is 91.0 Å². The molecule has 1 aliphatic rings. The number of hydrogen-bond acceptors (Lipinski definition) is 7. The number of ether oxygens (including phenoxy) is 2. The Labute approximate surface area is 245 Å². The summed E-state index contributed by atoms with van der Waals surface area (Å²) in [7, 11) is 1.63. The Bertz CT molecular complexity index is 1670. The summed E-state index contributed by atoms with van der Waals surface area (Å²) in [4.78, 5) is 13.4. The number of halogens is 1. The van der Waals surface area contributed by atoms with Gasteiger partial charge < -0.3 is 13.9 Å². The number of carbonyl (C=O) groups excluding carboxylic acids is 1. The van der Waals surface area contributed by atoms with Crippen molar-refractivity contribution in [3.63, 3.8) is 0 Å². The van der Waals surface area contributed by atoms with E-state index in [4.69, 9.17) is 19.0 Å². The van der Waals surface area contributed by atoms with E-state index in [0.717, 1.165) is 38.2 Å². The zero-order valence-electron chi connectivity index (χ0n) is 22.1. The van der Waals surface area contributed by atoms with Gasteiger partial charge in [0.1, 0.15) is 11.5 Å². The fourth-order valence-electron chi connectivity index (χ4n) is 4.58. The summed E-state index contributed by atoms with van der Waals surface area (Å²) in [5.74, 6) is 1.91. The smallest absolute Gasteiger partial charge is 0.281 e. The van der Waals surface area contributed by atoms with Crippen LogP contribution in [0.5, 0.6) is 11.5 Å². The lowest BCUT2D eigenvalue weighted by Crippen LogP contribution is -2.31. The minimum absolute atomic E-state index is 0.165. The van der Waals surface area contributed by atoms with Gasteiger partial charge in [-0.1, -0.05) is 58.4 Å². The van der Waals surface area contributed by atoms with Crippen molar-refractivity contribution in [1.82, 2.24) is 15.2 Å². The van der Waals surface area contributed by atoms with Crippen LogP contribution < -0.4 is 9.47 Å². The molecule has 0 fully saturated rings. The van der Waals surface area contributed by atoms with Gasteiger partial charge >= 0.3 is 0 Å². The molecule has 1 aromatic heterocycles. The molecule has 0 bridgehead atoms. The van der Waals surface area contributed by atoms with Crippen LogP contribution in [0.3, 0.4) is 0 Å². The normalized spacial score (nSPS) is 14.5. The predicted octanol–water partition coefficient (Wildman–Crippen LogP) is 6.93. The summed E-state index contributed by atoms with van der Waals surface area (Å²) in [5.41, 5.74) is 4.38. The van der Waals surface area contributed by atoms with Crippen LogP contribution in [-0.2, 0) is 4.79 Å². The number of hydrogen-bond donors (Lipinski definition) is 0. The molecule has 8 nitrogen and oxygen atoms in total. The predicted molar refractivity (Wildman–Crippen MR) is 159 cm³/mol. The largest absolute Gasteiger partial charge is 0.497 e. The molecule has 0 radical (unpaired) electrons. The van der Waals surface area contributed by atoms with Gasteiger partial charge in [-0.25, -0.2) is 5.01 Å². The van der Waals surface area contributed by atoms with E-state index in [-0.39, 0.29) is 18.6 Å². The molecule has 1 aliphatic heterocycles. The lowest BCUT2D eigenvalue weighted by Gasteiger charge is -2.22. The van der Waals surface area contributed by atoms with Crippen molar-refractivity contribution < 1.29 is 18.7 Å². The summed E-state index contributed by atoms with van der Waals surface area (Å²) in [6, 6.07) is 32.1. The van der Waals surface area contributed by atoms with Gasteiger partial charge in [0, 0.05) is 22.0 Å². The van der Waals surface area contributed by atoms with E-state index in [9.17, 15) is 4.79 Å². The maximum atomic E-state index is 13.4. The number of amides is 1. The first-order valence-electron chi connectivity index (χ1n) is 13.0. The Kier molecular flexibility index (Phi) is 7.60. The third-order valence-electron chi connectivity index (χ3n) is 6.75. The maximum Gasteiger partial charge on any atom is 0.281 e. The van der Waals surface area contributed by atoms with Crippen molar-refractivity contribution in [2.45, 2.75) is 12.5 Å². The molecule has 0 aliphatic carbocycles. The van der Waals surface area contributed by atoms with Gasteiger partial charge in [0.15, 0.2) is 6.61 Å². The fourth-order valence-corrected chi connectivity index (χ4v) is 4.85. The second-order valence-corrected chi connectivity index (χ2v) is 10.3. The van der Waals surface area contributed by atoms with Crippen molar-refractivity contribution >= 4 is 27.5 Å². The Morgan fingerprint density at radius 3 is 2.10 bits per heavy atom. The van der Waals surface area contributed by atoms with Crippen molar-refractivity contribution in [1.29, 1.82) is 0 Å². The molecule has 5 aromatic rings. The van der Waals surface area contributed by atoms with Gasteiger partial charge in [0.2, 0.25) is 11.8 Å². The van der Waals surface area contributed by atoms with E-state index >= 15 is 0 Å². The van der Waals surface area contributed by atoms with Crippen LogP contribution in [0.2, 0.25) is 0 Å². The van der Waals surface area contributed by atoms with Crippen molar-refractivity contribution in [2.75, 3.05) is 13.7 Å². The van der Waals surface area contributed by atoms with E-state index < -0.39 is 0 Å². The van der Waals surface area contributed by atoms with E-state index in [1.165, 1.54) is 5.01 Å². The van der Waals surface area contributed by atoms with Gasteiger partial charge in [0.25, 0.3) is 5.91 Å². The number of hydrazone groups is 1. The van der Waals surface area contributed by atoms with Crippen molar-refractivity contribution in [2.24, 2.45) is 5.10 Å². The number of rotatable bonds is 8. The standard InChI is InChI=1S/C32H25BrN4O4/c1-39-26-15-9-22(10-16-26)29-19-28(21-7-13-25(33)14-8-21)36-37(29)30(38)20-40-27-17-11-24(12-18-27)32-35-34-31(41-32)23-5-3-2-4-6-23/h2-18,29H,19-20H2,1H3. The van der Waals surface area contributed by atoms with Gasteiger partial charge in [-0.3, -0.25) is 4.79 Å². The first-order valence-corrected chi connectivity index (χ1v) is 13.8. The molecular weight excluding hydrogens is 584 g/mol. The number of benzene rings is 4. The third-order valence-corrected chi connectivity index (χ3v) is 7.28. The average molecular weight is 609 g/mol. The quantitative estimate of drug-likeness (QED) is 0.190. The molecule has 1 atom stereocenters. The first-order chi connectivity index (χ1) is 20.1. The molecule has 2 heterocycles. The summed E-state index contributed by atoms with van der Waals surface area (Å²) in [5, 5.41) is 14.6. The second-order valence-electron chi connectivity index (χ2n) is 9.38. The fraction of sp³-hybridized carbons (Fsp3) is 0.125. The number of aromatic nitrogens is 2. The van der Waals surface area contributed by atoms with Crippen LogP contribution in [0, 0.1) is 0 Å². The zero-order chi connectivity index (χ0) is 28.2. The van der Waals surface area contributed by atoms with Crippen LogP contribution in [0.1, 0.15) is 23.6 Å². The number of methoxy groups -OCH3 is 1. The van der Waals surface area contributed by atoms with Gasteiger partial charge in [-0.2, -0.15) is 5.10 Å². The summed E-state index contributed by atoms with van der Waals surface area (Å²) in [6.07, 6.45) is 0.587. The first kappa shape index (κ1) is 26.5. The van der Waals surface area contributed by atoms with Crippen LogP contribution in [0.4, 0.5) is 0 Å². The molecule has 204 valence electrons. The molecule has 1 unspecified atom stereocenters. The minimum Gasteiger partial charge on any atom is -0.497 e. The lowest BCUT2D eigenvalue weighted by molar-refractivity contribution is -0.135. The minimum atomic E-state index is -0.255. The maximum absolute atomic E-state index is 13.4. The third kappa shape index (κ3) is 5.90. The molecule has 0 spiro atoms. The number of carbonyl (C=O) groups is 1. The highest BCUT2D eigenvalue weighted by molar-refractivity contribution is 9.10. The molecule has 41 heavy (non-hydrogen) atoms. The molecule has 0 saturated carbocycles. The zero-order valence-corrected chi connectivity index (χ0v) is 23.7. The highest BCUT2D eigenvalue weighted by atomic mass is 79.9. The Balaban J connectivity index is 1.16. The van der Waals surface area contributed by atoms with E-state index in [1.54, 1.807) is 19.2 Å². The van der Waals surface area contributed by atoms with Gasteiger partial charge in [-0.05, 0) is 71.8 Å². The van der Waals surface area contributed by atoms with Crippen LogP contribution in [0.15, 0.2) is 117 Å². The summed E-state index contributed by atoms with van der Waals surface area (Å²) < 4.78 is 18.0. The number of nitrogens with zero attached hydrogens (tertiary/aromatic N) is 4. The molecule has 9 heteroatoms. The monoisotopic (exact) mass is 608 g/mol. The highest BCUT2D eigenvalue weighted by Crippen LogP contribution is 2.34. The van der Waals surface area contributed by atoms with Crippen molar-refractivity contribution in [3.8, 4) is 34.4 Å². The molecular formula is C32H25BrN4O4. The second kappa shape index (κ2) is 11.8. The summed E-state index contributed by atoms with van der Waals surface area (Å²) in [6.45, 7) is -0.165. The van der Waals surface area contributed by atoms with E-state index in [0.29, 0.717) is 24.0 Å². The van der Waals surface area contributed by atoms with Gasteiger partial charge in [0.05, 0.1) is 18.9 Å². The van der Waals surface area contributed by atoms with Crippen LogP contribution in [-0.4, -0.2) is 40.5 Å². The van der Waals surface area contributed by atoms with Crippen LogP contribution >= 0.6 is 15.9 Å². The Morgan fingerprint density at radius 2 is 1.44 bits per heavy atom. The Morgan fingerprint density at radius 1 is 0.829 bits per heavy atom.